The summed E-state index contributed by atoms with van der Waals surface area (Å²) in [5, 5.41) is 2.45. The molecule has 0 spiro atoms. The highest BCUT2D eigenvalue weighted by molar-refractivity contribution is 7.91. The SMILES string of the molecule is COc1ccccc1-c1nc(COC(=O)c2ccc(S(=O)(=O)C(F)F)cc2)cs1. The van der Waals surface area contributed by atoms with Gasteiger partial charge in [0.1, 0.15) is 17.4 Å². The Balaban J connectivity index is 1.67. The molecule has 0 radical (unpaired) electrons. The molecule has 1 heterocycles. The number of alkyl halides is 2. The Hall–Kier alpha value is -2.85. The predicted octanol–water partition coefficient (Wildman–Crippen LogP) is 4.17. The molecule has 0 saturated heterocycles. The molecule has 0 aliphatic rings. The first-order valence-corrected chi connectivity index (χ1v) is 10.6. The summed E-state index contributed by atoms with van der Waals surface area (Å²) in [5.74, 6) is -3.58. The first kappa shape index (κ1) is 20.9. The van der Waals surface area contributed by atoms with E-state index in [-0.39, 0.29) is 12.2 Å². The maximum Gasteiger partial charge on any atom is 0.341 e. The van der Waals surface area contributed by atoms with Crippen molar-refractivity contribution in [2.45, 2.75) is 17.3 Å². The van der Waals surface area contributed by atoms with Crippen molar-refractivity contribution < 1.29 is 31.5 Å². The second-order valence-electron chi connectivity index (χ2n) is 5.75. The molecule has 0 saturated carbocycles. The minimum absolute atomic E-state index is 0.0402. The van der Waals surface area contributed by atoms with Crippen molar-refractivity contribution >= 4 is 27.1 Å². The quantitative estimate of drug-likeness (QED) is 0.514. The summed E-state index contributed by atoms with van der Waals surface area (Å²) in [5.41, 5.74) is 1.38. The first-order valence-electron chi connectivity index (χ1n) is 8.20. The van der Waals surface area contributed by atoms with E-state index in [1.54, 1.807) is 12.5 Å². The Morgan fingerprint density at radius 3 is 2.48 bits per heavy atom. The predicted molar refractivity (Wildman–Crippen MR) is 103 cm³/mol. The van der Waals surface area contributed by atoms with E-state index in [4.69, 9.17) is 9.47 Å². The van der Waals surface area contributed by atoms with Gasteiger partial charge in [0.05, 0.1) is 28.8 Å². The van der Waals surface area contributed by atoms with Crippen molar-refractivity contribution in [2.75, 3.05) is 7.11 Å². The molecule has 0 atom stereocenters. The van der Waals surface area contributed by atoms with Crippen molar-refractivity contribution in [3.8, 4) is 16.3 Å². The molecule has 0 aliphatic heterocycles. The van der Waals surface area contributed by atoms with E-state index < -0.39 is 26.5 Å². The zero-order valence-corrected chi connectivity index (χ0v) is 16.7. The van der Waals surface area contributed by atoms with Gasteiger partial charge in [0.25, 0.3) is 0 Å². The highest BCUT2D eigenvalue weighted by Gasteiger charge is 2.26. The van der Waals surface area contributed by atoms with Crippen molar-refractivity contribution in [3.63, 3.8) is 0 Å². The minimum atomic E-state index is -4.71. The van der Waals surface area contributed by atoms with Gasteiger partial charge in [-0.2, -0.15) is 8.78 Å². The normalized spacial score (nSPS) is 11.4. The molecule has 0 N–H and O–H groups in total. The van der Waals surface area contributed by atoms with Crippen LogP contribution in [-0.2, 0) is 21.2 Å². The Labute approximate surface area is 169 Å². The molecule has 0 fully saturated rings. The largest absolute Gasteiger partial charge is 0.496 e. The van der Waals surface area contributed by atoms with Crippen LogP contribution in [0.3, 0.4) is 0 Å². The van der Waals surface area contributed by atoms with E-state index in [0.717, 1.165) is 29.8 Å². The number of aromatic nitrogens is 1. The average Bonchev–Trinajstić information content (AvgIpc) is 3.20. The molecular formula is C19H15F2NO5S2. The molecule has 1 aromatic heterocycles. The Morgan fingerprint density at radius 2 is 1.83 bits per heavy atom. The molecule has 29 heavy (non-hydrogen) atoms. The second-order valence-corrected chi connectivity index (χ2v) is 8.53. The van der Waals surface area contributed by atoms with E-state index in [0.29, 0.717) is 16.5 Å². The van der Waals surface area contributed by atoms with Gasteiger partial charge in [0.2, 0.25) is 9.84 Å². The van der Waals surface area contributed by atoms with E-state index in [1.165, 1.54) is 11.3 Å². The van der Waals surface area contributed by atoms with Crippen LogP contribution < -0.4 is 4.74 Å². The molecule has 2 aromatic carbocycles. The highest BCUT2D eigenvalue weighted by Crippen LogP contribution is 2.32. The maximum absolute atomic E-state index is 12.5. The molecule has 3 aromatic rings. The topological polar surface area (TPSA) is 82.6 Å². The van der Waals surface area contributed by atoms with Gasteiger partial charge in [-0.1, -0.05) is 12.1 Å². The van der Waals surface area contributed by atoms with Crippen LogP contribution in [0.5, 0.6) is 5.75 Å². The number of hydrogen-bond donors (Lipinski definition) is 0. The summed E-state index contributed by atoms with van der Waals surface area (Å²) in [6, 6.07) is 11.5. The molecule has 0 unspecified atom stereocenters. The molecule has 0 amide bonds. The van der Waals surface area contributed by atoms with Gasteiger partial charge in [0.15, 0.2) is 0 Å². The average molecular weight is 439 g/mol. The first-order chi connectivity index (χ1) is 13.8. The van der Waals surface area contributed by atoms with Crippen LogP contribution in [0.1, 0.15) is 16.1 Å². The molecule has 6 nitrogen and oxygen atoms in total. The summed E-state index contributed by atoms with van der Waals surface area (Å²) >= 11 is 1.37. The molecule has 3 rings (SSSR count). The van der Waals surface area contributed by atoms with E-state index in [2.05, 4.69) is 4.98 Å². The molecular weight excluding hydrogens is 424 g/mol. The van der Waals surface area contributed by atoms with Crippen molar-refractivity contribution in [2.24, 2.45) is 0 Å². The molecule has 0 aliphatic carbocycles. The maximum atomic E-state index is 12.5. The van der Waals surface area contributed by atoms with Crippen molar-refractivity contribution in [1.29, 1.82) is 0 Å². The number of halogens is 2. The van der Waals surface area contributed by atoms with Gasteiger partial charge >= 0.3 is 11.7 Å². The van der Waals surface area contributed by atoms with E-state index >= 15 is 0 Å². The number of benzene rings is 2. The summed E-state index contributed by atoms with van der Waals surface area (Å²) < 4.78 is 58.4. The summed E-state index contributed by atoms with van der Waals surface area (Å²) in [7, 11) is -3.15. The zero-order chi connectivity index (χ0) is 21.0. The number of methoxy groups -OCH3 is 1. The van der Waals surface area contributed by atoms with Crippen LogP contribution in [0.15, 0.2) is 58.8 Å². The van der Waals surface area contributed by atoms with Gasteiger partial charge in [0, 0.05) is 5.38 Å². The number of nitrogens with zero attached hydrogens (tertiary/aromatic N) is 1. The highest BCUT2D eigenvalue weighted by atomic mass is 32.2. The Morgan fingerprint density at radius 1 is 1.14 bits per heavy atom. The zero-order valence-electron chi connectivity index (χ0n) is 15.0. The number of sulfone groups is 1. The van der Waals surface area contributed by atoms with Crippen molar-refractivity contribution in [3.05, 3.63) is 65.2 Å². The number of carbonyl (C=O) groups is 1. The van der Waals surface area contributed by atoms with Gasteiger partial charge in [-0.3, -0.25) is 0 Å². The summed E-state index contributed by atoms with van der Waals surface area (Å²) in [4.78, 5) is 16.0. The molecule has 152 valence electrons. The van der Waals surface area contributed by atoms with Crippen LogP contribution in [0, 0.1) is 0 Å². The number of esters is 1. The monoisotopic (exact) mass is 439 g/mol. The van der Waals surface area contributed by atoms with Gasteiger partial charge in [-0.25, -0.2) is 18.2 Å². The fraction of sp³-hybridized carbons (Fsp3) is 0.158. The number of thiazole rings is 1. The smallest absolute Gasteiger partial charge is 0.341 e. The summed E-state index contributed by atoms with van der Waals surface area (Å²) in [6.07, 6.45) is 0. The van der Waals surface area contributed by atoms with Crippen LogP contribution >= 0.6 is 11.3 Å². The second kappa shape index (κ2) is 8.66. The van der Waals surface area contributed by atoms with Gasteiger partial charge < -0.3 is 9.47 Å². The van der Waals surface area contributed by atoms with Gasteiger partial charge in [-0.05, 0) is 36.4 Å². The van der Waals surface area contributed by atoms with Crippen LogP contribution in [0.25, 0.3) is 10.6 Å². The number of rotatable bonds is 7. The van der Waals surface area contributed by atoms with Gasteiger partial charge in [-0.15, -0.1) is 11.3 Å². The Kier molecular flexibility index (Phi) is 6.23. The fourth-order valence-corrected chi connectivity index (χ4v) is 3.98. The third-order valence-electron chi connectivity index (χ3n) is 3.89. The standard InChI is InChI=1S/C19H15F2NO5S2/c1-26-16-5-3-2-4-15(16)17-22-13(11-28-17)10-27-18(23)12-6-8-14(9-7-12)29(24,25)19(20)21/h2-9,11,19H,10H2,1H3. The lowest BCUT2D eigenvalue weighted by Gasteiger charge is -2.06. The lowest BCUT2D eigenvalue weighted by atomic mass is 10.2. The number of carbonyl (C=O) groups excluding carboxylic acids is 1. The van der Waals surface area contributed by atoms with E-state index in [9.17, 15) is 22.0 Å². The number of ether oxygens (including phenoxy) is 2. The number of hydrogen-bond acceptors (Lipinski definition) is 7. The molecule has 0 bridgehead atoms. The lowest BCUT2D eigenvalue weighted by Crippen LogP contribution is -2.12. The fourth-order valence-electron chi connectivity index (χ4n) is 2.42. The third-order valence-corrected chi connectivity index (χ3v) is 6.22. The number of para-hydroxylation sites is 1. The summed E-state index contributed by atoms with van der Waals surface area (Å²) in [6.45, 7) is -0.0957. The van der Waals surface area contributed by atoms with E-state index in [1.807, 2.05) is 24.3 Å². The van der Waals surface area contributed by atoms with Crippen LogP contribution in [0.4, 0.5) is 8.78 Å². The minimum Gasteiger partial charge on any atom is -0.496 e. The third kappa shape index (κ3) is 4.60. The Bertz CT molecular complexity index is 1110. The van der Waals surface area contributed by atoms with Crippen LogP contribution in [-0.4, -0.2) is 32.2 Å². The van der Waals surface area contributed by atoms with Crippen molar-refractivity contribution in [1.82, 2.24) is 4.98 Å². The molecule has 10 heteroatoms. The van der Waals surface area contributed by atoms with Crippen LogP contribution in [0.2, 0.25) is 0 Å². The lowest BCUT2D eigenvalue weighted by molar-refractivity contribution is 0.0468.